The molecule has 9 heteroatoms. The van der Waals surface area contributed by atoms with Crippen molar-refractivity contribution >= 4 is 34.8 Å². The van der Waals surface area contributed by atoms with Gasteiger partial charge in [0, 0.05) is 11.6 Å². The lowest BCUT2D eigenvalue weighted by atomic mass is 9.95. The topological polar surface area (TPSA) is 97.9 Å². The lowest BCUT2D eigenvalue weighted by Gasteiger charge is -2.23. The number of nitrogens with one attached hydrogen (secondary N) is 3. The molecule has 2 aromatic carbocycles. The molecule has 0 unspecified atom stereocenters. The molecule has 3 N–H and O–H groups in total. The van der Waals surface area contributed by atoms with E-state index in [-0.39, 0.29) is 22.6 Å². The number of rotatable bonds is 7. The number of carbonyl (C=O) groups excluding carboxylic acids is 2. The minimum Gasteiger partial charge on any atom is -0.493 e. The van der Waals surface area contributed by atoms with Gasteiger partial charge in [0.2, 0.25) is 5.75 Å². The average molecular weight is 472 g/mol. The summed E-state index contributed by atoms with van der Waals surface area (Å²) in [6.45, 7) is 0. The van der Waals surface area contributed by atoms with Crippen molar-refractivity contribution < 1.29 is 23.8 Å². The average Bonchev–Trinajstić information content (AvgIpc) is 2.83. The Morgan fingerprint density at radius 1 is 0.909 bits per heavy atom. The molecule has 1 aliphatic carbocycles. The molecule has 3 rings (SSSR count). The monoisotopic (exact) mass is 471 g/mol. The molecule has 0 bridgehead atoms. The van der Waals surface area contributed by atoms with Gasteiger partial charge in [-0.25, -0.2) is 0 Å². The Bertz CT molecular complexity index is 996. The van der Waals surface area contributed by atoms with E-state index in [1.807, 2.05) is 0 Å². The molecule has 1 fully saturated rings. The second kappa shape index (κ2) is 11.5. The van der Waals surface area contributed by atoms with Gasteiger partial charge in [0.15, 0.2) is 16.6 Å². The minimum absolute atomic E-state index is 0.0617. The standard InChI is InChI=1S/C24H29N3O5S/c1-30-19-13-15(14-20(31-2)21(19)32-3)22(28)27-24(33)26-18-12-8-7-11-17(18)23(29)25-16-9-5-4-6-10-16/h7-8,11-14,16H,4-6,9-10H2,1-3H3,(H,25,29)(H2,26,27,28,33). The second-order valence-electron chi connectivity index (χ2n) is 7.68. The zero-order chi connectivity index (χ0) is 23.8. The third-order valence-corrected chi connectivity index (χ3v) is 5.72. The van der Waals surface area contributed by atoms with Gasteiger partial charge in [0.05, 0.1) is 32.6 Å². The molecule has 0 spiro atoms. The van der Waals surface area contributed by atoms with Gasteiger partial charge >= 0.3 is 0 Å². The molecular formula is C24H29N3O5S. The highest BCUT2D eigenvalue weighted by Gasteiger charge is 2.20. The fourth-order valence-corrected chi connectivity index (χ4v) is 4.04. The third kappa shape index (κ3) is 6.13. The molecule has 176 valence electrons. The summed E-state index contributed by atoms with van der Waals surface area (Å²) in [5.41, 5.74) is 1.26. The lowest BCUT2D eigenvalue weighted by molar-refractivity contribution is 0.0927. The van der Waals surface area contributed by atoms with Crippen LogP contribution in [0.1, 0.15) is 52.8 Å². The summed E-state index contributed by atoms with van der Waals surface area (Å²) in [5.74, 6) is 0.464. The summed E-state index contributed by atoms with van der Waals surface area (Å²) in [5, 5.41) is 8.75. The first-order valence-corrected chi connectivity index (χ1v) is 11.2. The Labute approximate surface area is 199 Å². The Morgan fingerprint density at radius 3 is 2.15 bits per heavy atom. The van der Waals surface area contributed by atoms with Gasteiger partial charge in [-0.15, -0.1) is 0 Å². The van der Waals surface area contributed by atoms with Gasteiger partial charge in [-0.05, 0) is 49.3 Å². The smallest absolute Gasteiger partial charge is 0.257 e. The van der Waals surface area contributed by atoms with Crippen LogP contribution in [0, 0.1) is 0 Å². The van der Waals surface area contributed by atoms with Crippen molar-refractivity contribution in [1.82, 2.24) is 10.6 Å². The van der Waals surface area contributed by atoms with Crippen LogP contribution in [-0.4, -0.2) is 44.3 Å². The van der Waals surface area contributed by atoms with Crippen molar-refractivity contribution in [3.63, 3.8) is 0 Å². The first-order valence-electron chi connectivity index (χ1n) is 10.8. The number of hydrogen-bond acceptors (Lipinski definition) is 6. The van der Waals surface area contributed by atoms with Crippen LogP contribution >= 0.6 is 12.2 Å². The molecule has 2 amide bonds. The molecule has 0 aliphatic heterocycles. The van der Waals surface area contributed by atoms with Crippen LogP contribution in [0.4, 0.5) is 5.69 Å². The number of benzene rings is 2. The second-order valence-corrected chi connectivity index (χ2v) is 8.08. The van der Waals surface area contributed by atoms with Crippen LogP contribution in [0.3, 0.4) is 0 Å². The van der Waals surface area contributed by atoms with E-state index in [1.165, 1.54) is 39.9 Å². The highest BCUT2D eigenvalue weighted by Crippen LogP contribution is 2.38. The summed E-state index contributed by atoms with van der Waals surface area (Å²) < 4.78 is 15.9. The molecule has 8 nitrogen and oxygen atoms in total. The first kappa shape index (κ1) is 24.3. The largest absolute Gasteiger partial charge is 0.493 e. The van der Waals surface area contributed by atoms with Gasteiger partial charge in [-0.2, -0.15) is 0 Å². The first-order chi connectivity index (χ1) is 16.0. The van der Waals surface area contributed by atoms with Crippen molar-refractivity contribution in [2.24, 2.45) is 0 Å². The van der Waals surface area contributed by atoms with Gasteiger partial charge in [-0.1, -0.05) is 31.4 Å². The van der Waals surface area contributed by atoms with E-state index < -0.39 is 5.91 Å². The fourth-order valence-electron chi connectivity index (χ4n) is 3.84. The highest BCUT2D eigenvalue weighted by molar-refractivity contribution is 7.80. The third-order valence-electron chi connectivity index (χ3n) is 5.51. The van der Waals surface area contributed by atoms with E-state index in [4.69, 9.17) is 26.4 Å². The predicted octanol–water partition coefficient (Wildman–Crippen LogP) is 3.90. The zero-order valence-corrected chi connectivity index (χ0v) is 19.8. The van der Waals surface area contributed by atoms with Crippen molar-refractivity contribution in [3.05, 3.63) is 47.5 Å². The molecule has 0 atom stereocenters. The summed E-state index contributed by atoms with van der Waals surface area (Å²) in [6, 6.07) is 10.3. The molecule has 0 saturated heterocycles. The Balaban J connectivity index is 1.70. The van der Waals surface area contributed by atoms with Crippen molar-refractivity contribution in [1.29, 1.82) is 0 Å². The van der Waals surface area contributed by atoms with Crippen LogP contribution < -0.4 is 30.2 Å². The van der Waals surface area contributed by atoms with E-state index >= 15 is 0 Å². The molecule has 1 aliphatic rings. The van der Waals surface area contributed by atoms with E-state index in [9.17, 15) is 9.59 Å². The summed E-state index contributed by atoms with van der Waals surface area (Å²) in [6.07, 6.45) is 5.45. The van der Waals surface area contributed by atoms with Crippen molar-refractivity contribution in [2.45, 2.75) is 38.1 Å². The van der Waals surface area contributed by atoms with E-state index in [0.29, 0.717) is 28.5 Å². The Hall–Kier alpha value is -3.33. The van der Waals surface area contributed by atoms with Gasteiger partial charge in [0.1, 0.15) is 0 Å². The molecule has 1 saturated carbocycles. The van der Waals surface area contributed by atoms with Crippen LogP contribution in [-0.2, 0) is 0 Å². The number of amides is 2. The van der Waals surface area contributed by atoms with Crippen molar-refractivity contribution in [2.75, 3.05) is 26.6 Å². The summed E-state index contributed by atoms with van der Waals surface area (Å²) in [4.78, 5) is 25.6. The molecule has 33 heavy (non-hydrogen) atoms. The number of hydrogen-bond donors (Lipinski definition) is 3. The highest BCUT2D eigenvalue weighted by atomic mass is 32.1. The predicted molar refractivity (Wildman–Crippen MR) is 131 cm³/mol. The number of thiocarbonyl (C=S) groups is 1. The van der Waals surface area contributed by atoms with Crippen LogP contribution in [0.5, 0.6) is 17.2 Å². The summed E-state index contributed by atoms with van der Waals surface area (Å²) in [7, 11) is 4.43. The Kier molecular flexibility index (Phi) is 8.48. The number of ether oxygens (including phenoxy) is 3. The maximum atomic E-state index is 12.8. The van der Waals surface area contributed by atoms with Gasteiger partial charge < -0.3 is 24.8 Å². The number of para-hydroxylation sites is 1. The zero-order valence-electron chi connectivity index (χ0n) is 19.0. The van der Waals surface area contributed by atoms with Crippen LogP contribution in [0.25, 0.3) is 0 Å². The summed E-state index contributed by atoms with van der Waals surface area (Å²) >= 11 is 5.33. The van der Waals surface area contributed by atoms with Crippen molar-refractivity contribution in [3.8, 4) is 17.2 Å². The lowest BCUT2D eigenvalue weighted by Crippen LogP contribution is -2.37. The van der Waals surface area contributed by atoms with Gasteiger partial charge in [0.25, 0.3) is 11.8 Å². The quantitative estimate of drug-likeness (QED) is 0.527. The number of methoxy groups -OCH3 is 3. The van der Waals surface area contributed by atoms with E-state index in [1.54, 1.807) is 24.3 Å². The maximum absolute atomic E-state index is 12.8. The number of anilines is 1. The molecule has 0 aromatic heterocycles. The normalized spacial score (nSPS) is 13.5. The van der Waals surface area contributed by atoms with E-state index in [2.05, 4.69) is 16.0 Å². The number of carbonyl (C=O) groups is 2. The molecule has 2 aromatic rings. The van der Waals surface area contributed by atoms with E-state index in [0.717, 1.165) is 25.7 Å². The minimum atomic E-state index is -0.462. The van der Waals surface area contributed by atoms with Crippen LogP contribution in [0.15, 0.2) is 36.4 Å². The van der Waals surface area contributed by atoms with Gasteiger partial charge in [-0.3, -0.25) is 14.9 Å². The molecule has 0 radical (unpaired) electrons. The molecular weight excluding hydrogens is 442 g/mol. The Morgan fingerprint density at radius 2 is 1.55 bits per heavy atom. The maximum Gasteiger partial charge on any atom is 0.257 e. The van der Waals surface area contributed by atoms with Crippen LogP contribution in [0.2, 0.25) is 0 Å². The fraction of sp³-hybridized carbons (Fsp3) is 0.375. The molecule has 0 heterocycles. The SMILES string of the molecule is COc1cc(C(=O)NC(=S)Nc2ccccc2C(=O)NC2CCCCC2)cc(OC)c1OC.